The predicted octanol–water partition coefficient (Wildman–Crippen LogP) is 3.57. The molecular formula is C18H25N3O2. The van der Waals surface area contributed by atoms with E-state index in [2.05, 4.69) is 16.7 Å². The van der Waals surface area contributed by atoms with Gasteiger partial charge in [0.15, 0.2) is 0 Å². The van der Waals surface area contributed by atoms with Crippen molar-refractivity contribution in [1.82, 2.24) is 5.32 Å². The molecule has 0 saturated carbocycles. The van der Waals surface area contributed by atoms with Crippen LogP contribution in [-0.2, 0) is 10.2 Å². The molecule has 23 heavy (non-hydrogen) atoms. The highest BCUT2D eigenvalue weighted by molar-refractivity contribution is 5.89. The van der Waals surface area contributed by atoms with Crippen molar-refractivity contribution in [3.05, 3.63) is 29.8 Å². The largest absolute Gasteiger partial charge is 0.378 e. The average Bonchev–Trinajstić information content (AvgIpc) is 2.56. The normalized spacial score (nSPS) is 18.0. The van der Waals surface area contributed by atoms with Gasteiger partial charge in [-0.2, -0.15) is 5.26 Å². The van der Waals surface area contributed by atoms with E-state index in [0.717, 1.165) is 31.4 Å². The van der Waals surface area contributed by atoms with E-state index in [-0.39, 0.29) is 12.1 Å². The van der Waals surface area contributed by atoms with Crippen LogP contribution >= 0.6 is 0 Å². The lowest BCUT2D eigenvalue weighted by atomic mass is 9.86. The van der Waals surface area contributed by atoms with Crippen LogP contribution in [0.25, 0.3) is 0 Å². The number of benzene rings is 1. The summed E-state index contributed by atoms with van der Waals surface area (Å²) in [4.78, 5) is 11.9. The third kappa shape index (κ3) is 5.26. The topological polar surface area (TPSA) is 74.2 Å². The standard InChI is InChI=1S/C18H25N3O2/c1-18(2,13-19)14-6-8-15(9-7-14)21-17(22)20-11-10-16-5-3-4-12-23-16/h6-9,16H,3-5,10-12H2,1-2H3,(H2,20,21,22)/t16-/m1/s1. The summed E-state index contributed by atoms with van der Waals surface area (Å²) in [6.07, 6.45) is 4.56. The molecule has 0 unspecified atom stereocenters. The van der Waals surface area contributed by atoms with Gasteiger partial charge >= 0.3 is 6.03 Å². The Morgan fingerprint density at radius 3 is 2.70 bits per heavy atom. The van der Waals surface area contributed by atoms with Crippen LogP contribution in [0.2, 0.25) is 0 Å². The van der Waals surface area contributed by atoms with E-state index in [9.17, 15) is 4.79 Å². The molecule has 1 aromatic carbocycles. The number of hydrogen-bond donors (Lipinski definition) is 2. The summed E-state index contributed by atoms with van der Waals surface area (Å²) in [5.41, 5.74) is 1.12. The van der Waals surface area contributed by atoms with Gasteiger partial charge in [0, 0.05) is 18.8 Å². The predicted molar refractivity (Wildman–Crippen MR) is 90.3 cm³/mol. The number of nitriles is 1. The second-order valence-corrected chi connectivity index (χ2v) is 6.47. The quantitative estimate of drug-likeness (QED) is 0.872. The first kappa shape index (κ1) is 17.3. The molecule has 0 radical (unpaired) electrons. The van der Waals surface area contributed by atoms with Crippen LogP contribution < -0.4 is 10.6 Å². The number of carbonyl (C=O) groups is 1. The number of anilines is 1. The number of ether oxygens (including phenoxy) is 1. The van der Waals surface area contributed by atoms with Crippen LogP contribution in [0.15, 0.2) is 24.3 Å². The third-order valence-corrected chi connectivity index (χ3v) is 4.17. The molecule has 1 atom stereocenters. The molecule has 0 spiro atoms. The van der Waals surface area contributed by atoms with E-state index in [0.29, 0.717) is 12.2 Å². The first-order valence-electron chi connectivity index (χ1n) is 8.19. The van der Waals surface area contributed by atoms with Crippen molar-refractivity contribution in [2.24, 2.45) is 0 Å². The molecule has 5 heteroatoms. The van der Waals surface area contributed by atoms with Gasteiger partial charge < -0.3 is 15.4 Å². The molecule has 1 heterocycles. The molecule has 2 amide bonds. The average molecular weight is 315 g/mol. The molecule has 5 nitrogen and oxygen atoms in total. The molecular weight excluding hydrogens is 290 g/mol. The fraction of sp³-hybridized carbons (Fsp3) is 0.556. The van der Waals surface area contributed by atoms with E-state index in [1.165, 1.54) is 6.42 Å². The molecule has 1 saturated heterocycles. The van der Waals surface area contributed by atoms with Crippen molar-refractivity contribution in [2.45, 2.75) is 51.0 Å². The smallest absolute Gasteiger partial charge is 0.319 e. The highest BCUT2D eigenvalue weighted by Crippen LogP contribution is 2.23. The Labute approximate surface area is 138 Å². The summed E-state index contributed by atoms with van der Waals surface area (Å²) < 4.78 is 5.64. The van der Waals surface area contributed by atoms with Crippen molar-refractivity contribution in [3.63, 3.8) is 0 Å². The Morgan fingerprint density at radius 1 is 1.35 bits per heavy atom. The highest BCUT2D eigenvalue weighted by Gasteiger charge is 2.19. The Hall–Kier alpha value is -2.06. The van der Waals surface area contributed by atoms with Crippen molar-refractivity contribution >= 4 is 11.7 Å². The maximum atomic E-state index is 11.9. The lowest BCUT2D eigenvalue weighted by molar-refractivity contribution is 0.0120. The summed E-state index contributed by atoms with van der Waals surface area (Å²) in [5, 5.41) is 14.8. The molecule has 0 aromatic heterocycles. The zero-order chi connectivity index (χ0) is 16.7. The minimum absolute atomic E-state index is 0.215. The molecule has 2 N–H and O–H groups in total. The summed E-state index contributed by atoms with van der Waals surface area (Å²) in [6, 6.07) is 9.43. The molecule has 1 aromatic rings. The number of rotatable bonds is 5. The van der Waals surface area contributed by atoms with Gasteiger partial charge in [-0.1, -0.05) is 12.1 Å². The van der Waals surface area contributed by atoms with E-state index >= 15 is 0 Å². The van der Waals surface area contributed by atoms with Gasteiger partial charge in [-0.05, 0) is 57.2 Å². The molecule has 1 fully saturated rings. The number of nitrogens with one attached hydrogen (secondary N) is 2. The van der Waals surface area contributed by atoms with Crippen LogP contribution in [0.4, 0.5) is 10.5 Å². The minimum Gasteiger partial charge on any atom is -0.378 e. The van der Waals surface area contributed by atoms with E-state index < -0.39 is 5.41 Å². The Balaban J connectivity index is 1.75. The molecule has 0 bridgehead atoms. The number of hydrogen-bond acceptors (Lipinski definition) is 3. The van der Waals surface area contributed by atoms with Crippen LogP contribution in [0.3, 0.4) is 0 Å². The SMILES string of the molecule is CC(C)(C#N)c1ccc(NC(=O)NCC[C@H]2CCCCO2)cc1. The lowest BCUT2D eigenvalue weighted by Crippen LogP contribution is -2.32. The van der Waals surface area contributed by atoms with E-state index in [1.807, 2.05) is 38.1 Å². The Bertz CT molecular complexity index is 555. The zero-order valence-electron chi connectivity index (χ0n) is 13.9. The van der Waals surface area contributed by atoms with Gasteiger partial charge in [-0.3, -0.25) is 0 Å². The van der Waals surface area contributed by atoms with Crippen molar-refractivity contribution < 1.29 is 9.53 Å². The van der Waals surface area contributed by atoms with Crippen LogP contribution in [0, 0.1) is 11.3 Å². The van der Waals surface area contributed by atoms with Gasteiger partial charge in [0.05, 0.1) is 17.6 Å². The Morgan fingerprint density at radius 2 is 2.09 bits per heavy atom. The zero-order valence-corrected chi connectivity index (χ0v) is 13.9. The summed E-state index contributed by atoms with van der Waals surface area (Å²) in [6.45, 7) is 5.18. The fourth-order valence-corrected chi connectivity index (χ4v) is 2.59. The van der Waals surface area contributed by atoms with Crippen molar-refractivity contribution in [3.8, 4) is 6.07 Å². The highest BCUT2D eigenvalue weighted by atomic mass is 16.5. The summed E-state index contributed by atoms with van der Waals surface area (Å²) in [7, 11) is 0. The van der Waals surface area contributed by atoms with E-state index in [1.54, 1.807) is 0 Å². The van der Waals surface area contributed by atoms with Gasteiger partial charge in [-0.15, -0.1) is 0 Å². The van der Waals surface area contributed by atoms with Gasteiger partial charge in [-0.25, -0.2) is 4.79 Å². The second-order valence-electron chi connectivity index (χ2n) is 6.47. The molecule has 1 aliphatic rings. The number of urea groups is 1. The number of amides is 2. The van der Waals surface area contributed by atoms with Crippen LogP contribution in [0.1, 0.15) is 45.1 Å². The van der Waals surface area contributed by atoms with Crippen LogP contribution in [0.5, 0.6) is 0 Å². The maximum absolute atomic E-state index is 11.9. The van der Waals surface area contributed by atoms with E-state index in [4.69, 9.17) is 10.00 Å². The number of carbonyl (C=O) groups excluding carboxylic acids is 1. The summed E-state index contributed by atoms with van der Waals surface area (Å²) in [5.74, 6) is 0. The molecule has 1 aliphatic heterocycles. The van der Waals surface area contributed by atoms with Gasteiger partial charge in [0.1, 0.15) is 0 Å². The van der Waals surface area contributed by atoms with Crippen molar-refractivity contribution in [2.75, 3.05) is 18.5 Å². The second kappa shape index (κ2) is 7.98. The third-order valence-electron chi connectivity index (χ3n) is 4.17. The minimum atomic E-state index is -0.527. The fourth-order valence-electron chi connectivity index (χ4n) is 2.59. The monoisotopic (exact) mass is 315 g/mol. The maximum Gasteiger partial charge on any atom is 0.319 e. The first-order chi connectivity index (χ1) is 11.0. The van der Waals surface area contributed by atoms with Crippen molar-refractivity contribution in [1.29, 1.82) is 5.26 Å². The van der Waals surface area contributed by atoms with Gasteiger partial charge in [0.2, 0.25) is 0 Å². The lowest BCUT2D eigenvalue weighted by Gasteiger charge is -2.22. The number of nitrogens with zero attached hydrogens (tertiary/aromatic N) is 1. The summed E-state index contributed by atoms with van der Waals surface area (Å²) >= 11 is 0. The molecule has 0 aliphatic carbocycles. The van der Waals surface area contributed by atoms with Crippen LogP contribution in [-0.4, -0.2) is 25.3 Å². The molecule has 2 rings (SSSR count). The molecule has 124 valence electrons. The Kier molecular flexibility index (Phi) is 6.00. The first-order valence-corrected chi connectivity index (χ1v) is 8.19. The van der Waals surface area contributed by atoms with Gasteiger partial charge in [0.25, 0.3) is 0 Å².